The molecule has 1 aromatic heterocycles. The average molecular weight is 360 g/mol. The highest BCUT2D eigenvalue weighted by atomic mass is 19.4. The van der Waals surface area contributed by atoms with Crippen LogP contribution in [0.1, 0.15) is 27.2 Å². The van der Waals surface area contributed by atoms with Crippen molar-refractivity contribution in [1.82, 2.24) is 10.5 Å². The van der Waals surface area contributed by atoms with Gasteiger partial charge in [0.2, 0.25) is 0 Å². The summed E-state index contributed by atoms with van der Waals surface area (Å²) in [5.74, 6) is -0.368. The number of alkyl halides is 3. The summed E-state index contributed by atoms with van der Waals surface area (Å²) in [6.07, 6.45) is -4.45. The van der Waals surface area contributed by atoms with Gasteiger partial charge in [0.25, 0.3) is 5.91 Å². The lowest BCUT2D eigenvalue weighted by molar-refractivity contribution is -0.137. The van der Waals surface area contributed by atoms with Gasteiger partial charge in [0.15, 0.2) is 11.5 Å². The summed E-state index contributed by atoms with van der Waals surface area (Å²) in [4.78, 5) is 12.2. The summed E-state index contributed by atoms with van der Waals surface area (Å²) in [6, 6.07) is 13.6. The predicted octanol–water partition coefficient (Wildman–Crippen LogP) is 4.60. The minimum absolute atomic E-state index is 0.00555. The number of aromatic nitrogens is 1. The fourth-order valence-corrected chi connectivity index (χ4v) is 2.44. The molecule has 1 heterocycles. The topological polar surface area (TPSA) is 55.1 Å². The summed E-state index contributed by atoms with van der Waals surface area (Å²) in [5.41, 5.74) is 1.41. The van der Waals surface area contributed by atoms with Gasteiger partial charge < -0.3 is 9.84 Å². The van der Waals surface area contributed by atoms with Crippen molar-refractivity contribution in [2.24, 2.45) is 0 Å². The number of carbonyl (C=O) groups is 1. The van der Waals surface area contributed by atoms with Crippen molar-refractivity contribution in [2.75, 3.05) is 0 Å². The maximum atomic E-state index is 12.8. The van der Waals surface area contributed by atoms with Crippen LogP contribution in [-0.2, 0) is 12.7 Å². The van der Waals surface area contributed by atoms with Crippen LogP contribution in [0.15, 0.2) is 59.1 Å². The molecule has 0 radical (unpaired) electrons. The van der Waals surface area contributed by atoms with E-state index in [9.17, 15) is 18.0 Å². The Labute approximate surface area is 147 Å². The van der Waals surface area contributed by atoms with Gasteiger partial charge in [-0.3, -0.25) is 4.79 Å². The molecule has 2 aromatic carbocycles. The SMILES string of the molecule is Cc1ccccc1CNC(=O)c1cc(-c2cccc(C(F)(F)F)c2)on1. The second-order valence-electron chi connectivity index (χ2n) is 5.76. The van der Waals surface area contributed by atoms with Gasteiger partial charge in [-0.25, -0.2) is 0 Å². The molecule has 26 heavy (non-hydrogen) atoms. The summed E-state index contributed by atoms with van der Waals surface area (Å²) < 4.78 is 43.4. The van der Waals surface area contributed by atoms with Crippen LogP contribution in [0.25, 0.3) is 11.3 Å². The van der Waals surface area contributed by atoms with Gasteiger partial charge in [-0.1, -0.05) is 41.6 Å². The summed E-state index contributed by atoms with van der Waals surface area (Å²) in [7, 11) is 0. The van der Waals surface area contributed by atoms with Gasteiger partial charge in [-0.05, 0) is 30.2 Å². The molecule has 4 nitrogen and oxygen atoms in total. The minimum Gasteiger partial charge on any atom is -0.355 e. The lowest BCUT2D eigenvalue weighted by Crippen LogP contribution is -2.23. The normalized spacial score (nSPS) is 11.4. The smallest absolute Gasteiger partial charge is 0.355 e. The zero-order valence-corrected chi connectivity index (χ0v) is 13.8. The molecule has 3 rings (SSSR count). The number of hydrogen-bond donors (Lipinski definition) is 1. The minimum atomic E-state index is -4.45. The van der Waals surface area contributed by atoms with Crippen molar-refractivity contribution in [3.05, 3.63) is 77.0 Å². The Balaban J connectivity index is 1.73. The van der Waals surface area contributed by atoms with E-state index in [1.807, 2.05) is 31.2 Å². The van der Waals surface area contributed by atoms with E-state index in [1.54, 1.807) is 0 Å². The zero-order valence-electron chi connectivity index (χ0n) is 13.8. The van der Waals surface area contributed by atoms with Gasteiger partial charge in [0, 0.05) is 18.2 Å². The Bertz CT molecular complexity index is 932. The van der Waals surface area contributed by atoms with Crippen LogP contribution in [0.3, 0.4) is 0 Å². The maximum absolute atomic E-state index is 12.8. The molecule has 134 valence electrons. The van der Waals surface area contributed by atoms with Gasteiger partial charge >= 0.3 is 6.18 Å². The molecule has 0 aliphatic heterocycles. The first kappa shape index (κ1) is 17.7. The van der Waals surface area contributed by atoms with E-state index in [0.717, 1.165) is 23.3 Å². The van der Waals surface area contributed by atoms with E-state index in [2.05, 4.69) is 10.5 Å². The molecular weight excluding hydrogens is 345 g/mol. The number of aryl methyl sites for hydroxylation is 1. The van der Waals surface area contributed by atoms with E-state index in [0.29, 0.717) is 6.54 Å². The van der Waals surface area contributed by atoms with Gasteiger partial charge in [-0.2, -0.15) is 13.2 Å². The Kier molecular flexibility index (Phi) is 4.79. The first-order chi connectivity index (χ1) is 12.3. The van der Waals surface area contributed by atoms with Crippen molar-refractivity contribution in [3.63, 3.8) is 0 Å². The lowest BCUT2D eigenvalue weighted by atomic mass is 10.1. The Morgan fingerprint density at radius 3 is 2.62 bits per heavy atom. The number of rotatable bonds is 4. The largest absolute Gasteiger partial charge is 0.416 e. The number of hydrogen-bond acceptors (Lipinski definition) is 3. The van der Waals surface area contributed by atoms with Gasteiger partial charge in [-0.15, -0.1) is 0 Å². The number of amides is 1. The lowest BCUT2D eigenvalue weighted by Gasteiger charge is -2.06. The van der Waals surface area contributed by atoms with Crippen molar-refractivity contribution >= 4 is 5.91 Å². The third kappa shape index (κ3) is 3.93. The number of nitrogens with one attached hydrogen (secondary N) is 1. The molecule has 0 aliphatic carbocycles. The Morgan fingerprint density at radius 1 is 1.12 bits per heavy atom. The third-order valence-electron chi connectivity index (χ3n) is 3.92. The second kappa shape index (κ2) is 7.03. The zero-order chi connectivity index (χ0) is 18.7. The molecule has 0 saturated heterocycles. The molecule has 0 fully saturated rings. The van der Waals surface area contributed by atoms with Crippen molar-refractivity contribution in [1.29, 1.82) is 0 Å². The number of halogens is 3. The summed E-state index contributed by atoms with van der Waals surface area (Å²) in [6.45, 7) is 2.25. The first-order valence-corrected chi connectivity index (χ1v) is 7.81. The van der Waals surface area contributed by atoms with Crippen molar-refractivity contribution in [2.45, 2.75) is 19.6 Å². The molecule has 7 heteroatoms. The second-order valence-corrected chi connectivity index (χ2v) is 5.76. The monoisotopic (exact) mass is 360 g/mol. The van der Waals surface area contributed by atoms with Crippen LogP contribution in [0.2, 0.25) is 0 Å². The maximum Gasteiger partial charge on any atom is 0.416 e. The average Bonchev–Trinajstić information content (AvgIpc) is 3.10. The highest BCUT2D eigenvalue weighted by Crippen LogP contribution is 2.32. The molecular formula is C19H15F3N2O2. The van der Waals surface area contributed by atoms with E-state index >= 15 is 0 Å². The van der Waals surface area contributed by atoms with Crippen LogP contribution in [0.4, 0.5) is 13.2 Å². The van der Waals surface area contributed by atoms with Gasteiger partial charge in [0.05, 0.1) is 5.56 Å². The fourth-order valence-electron chi connectivity index (χ4n) is 2.44. The van der Waals surface area contributed by atoms with E-state index < -0.39 is 17.6 Å². The molecule has 3 aromatic rings. The number of carbonyl (C=O) groups excluding carboxylic acids is 1. The van der Waals surface area contributed by atoms with E-state index in [4.69, 9.17) is 4.52 Å². The standard InChI is InChI=1S/C19H15F3N2O2/c1-12-5-2-3-6-14(12)11-23-18(25)16-10-17(26-24-16)13-7-4-8-15(9-13)19(20,21)22/h2-10H,11H2,1H3,(H,23,25). The molecule has 0 saturated carbocycles. The third-order valence-corrected chi connectivity index (χ3v) is 3.92. The number of benzene rings is 2. The van der Waals surface area contributed by atoms with Crippen molar-refractivity contribution < 1.29 is 22.5 Å². The van der Waals surface area contributed by atoms with Crippen LogP contribution >= 0.6 is 0 Å². The number of nitrogens with zero attached hydrogens (tertiary/aromatic N) is 1. The molecule has 0 bridgehead atoms. The Hall–Kier alpha value is -3.09. The highest BCUT2D eigenvalue weighted by molar-refractivity contribution is 5.93. The van der Waals surface area contributed by atoms with E-state index in [1.165, 1.54) is 18.2 Å². The summed E-state index contributed by atoms with van der Waals surface area (Å²) in [5, 5.41) is 6.37. The highest BCUT2D eigenvalue weighted by Gasteiger charge is 2.30. The summed E-state index contributed by atoms with van der Waals surface area (Å²) >= 11 is 0. The molecule has 1 amide bonds. The van der Waals surface area contributed by atoms with Crippen LogP contribution < -0.4 is 5.32 Å². The fraction of sp³-hybridized carbons (Fsp3) is 0.158. The Morgan fingerprint density at radius 2 is 1.88 bits per heavy atom. The predicted molar refractivity (Wildman–Crippen MR) is 89.3 cm³/mol. The molecule has 0 atom stereocenters. The molecule has 0 aliphatic rings. The van der Waals surface area contributed by atoms with Crippen molar-refractivity contribution in [3.8, 4) is 11.3 Å². The van der Waals surface area contributed by atoms with Crippen LogP contribution in [-0.4, -0.2) is 11.1 Å². The quantitative estimate of drug-likeness (QED) is 0.740. The first-order valence-electron chi connectivity index (χ1n) is 7.81. The molecule has 0 unspecified atom stereocenters. The van der Waals surface area contributed by atoms with E-state index in [-0.39, 0.29) is 17.0 Å². The molecule has 0 spiro atoms. The molecule has 1 N–H and O–H groups in total. The van der Waals surface area contributed by atoms with Crippen LogP contribution in [0, 0.1) is 6.92 Å². The van der Waals surface area contributed by atoms with Gasteiger partial charge in [0.1, 0.15) is 0 Å². The van der Waals surface area contributed by atoms with Crippen LogP contribution in [0.5, 0.6) is 0 Å².